The molecule has 0 aliphatic heterocycles. The lowest BCUT2D eigenvalue weighted by molar-refractivity contribution is 0.0673. The molecule has 0 amide bonds. The fraction of sp³-hybridized carbons (Fsp3) is 0.125. The van der Waals surface area contributed by atoms with Crippen molar-refractivity contribution in [2.24, 2.45) is 0 Å². The number of para-hydroxylation sites is 1. The van der Waals surface area contributed by atoms with E-state index in [1.54, 1.807) is 19.5 Å². The van der Waals surface area contributed by atoms with Gasteiger partial charge in [-0.1, -0.05) is 72.8 Å². The highest BCUT2D eigenvalue weighted by molar-refractivity contribution is 6.08. The van der Waals surface area contributed by atoms with E-state index in [0.717, 1.165) is 51.6 Å². The van der Waals surface area contributed by atoms with Crippen LogP contribution in [0.2, 0.25) is 0 Å². The summed E-state index contributed by atoms with van der Waals surface area (Å²) in [4.78, 5) is 14.0. The van der Waals surface area contributed by atoms with Crippen molar-refractivity contribution in [2.45, 2.75) is 6.54 Å². The maximum Gasteiger partial charge on any atom is 0.0900 e. The average molecular weight is 603 g/mol. The van der Waals surface area contributed by atoms with Crippen LogP contribution in [0.1, 0.15) is 11.1 Å². The van der Waals surface area contributed by atoms with Crippen LogP contribution in [0.15, 0.2) is 128 Å². The van der Waals surface area contributed by atoms with Crippen molar-refractivity contribution >= 4 is 34.0 Å². The molecule has 0 unspecified atom stereocenters. The first-order valence-electron chi connectivity index (χ1n) is 15.5. The molecule has 0 fully saturated rings. The summed E-state index contributed by atoms with van der Waals surface area (Å²) in [5.74, 6) is 0. The number of hydrogen-bond donors (Lipinski definition) is 0. The van der Waals surface area contributed by atoms with Crippen LogP contribution in [0, 0.1) is 0 Å². The predicted molar refractivity (Wildman–Crippen MR) is 187 cm³/mol. The molecule has 0 saturated carbocycles. The van der Waals surface area contributed by atoms with Crippen molar-refractivity contribution in [1.29, 1.82) is 0 Å². The van der Waals surface area contributed by atoms with Gasteiger partial charge in [-0.05, 0) is 76.9 Å². The minimum absolute atomic E-state index is 0.602. The number of benzene rings is 3. The van der Waals surface area contributed by atoms with E-state index in [4.69, 9.17) is 14.5 Å². The van der Waals surface area contributed by atoms with Gasteiger partial charge in [0.1, 0.15) is 0 Å². The van der Waals surface area contributed by atoms with E-state index in [1.165, 1.54) is 21.8 Å². The van der Waals surface area contributed by atoms with Crippen LogP contribution >= 0.6 is 0 Å². The van der Waals surface area contributed by atoms with Crippen molar-refractivity contribution in [1.82, 2.24) is 19.5 Å². The van der Waals surface area contributed by atoms with Gasteiger partial charge in [-0.25, -0.2) is 4.98 Å². The van der Waals surface area contributed by atoms with Crippen molar-refractivity contribution in [3.05, 3.63) is 139 Å². The monoisotopic (exact) mass is 602 g/mol. The molecule has 0 saturated heterocycles. The molecule has 0 spiro atoms. The Morgan fingerprint density at radius 3 is 1.91 bits per heavy atom. The number of pyridine rings is 3. The predicted octanol–water partition coefficient (Wildman–Crippen LogP) is 8.81. The van der Waals surface area contributed by atoms with Crippen LogP contribution in [-0.4, -0.2) is 46.4 Å². The molecule has 0 atom stereocenters. The van der Waals surface area contributed by atoms with Crippen molar-refractivity contribution in [3.63, 3.8) is 0 Å². The molecule has 7 aromatic rings. The third-order valence-electron chi connectivity index (χ3n) is 8.08. The molecule has 3 aromatic carbocycles. The maximum atomic E-state index is 5.78. The minimum atomic E-state index is 0.602. The lowest BCUT2D eigenvalue weighted by atomic mass is 10.0. The van der Waals surface area contributed by atoms with Gasteiger partial charge in [-0.15, -0.1) is 0 Å². The van der Waals surface area contributed by atoms with E-state index in [2.05, 4.69) is 106 Å². The standard InChI is InChI=1S/C40H34N4O2/c1-45-24-25-46-23-22-44-39-11-3-2-8-33(39)34-26-30(16-19-40(34)44)13-12-29-14-17-31(18-15-29)32-27-37(35-9-4-6-20-41-35)43-38(28-32)36-10-5-7-21-42-36/h2-21,26-28H,22-25H2,1H3/b13-12+. The van der Waals surface area contributed by atoms with E-state index in [0.29, 0.717) is 19.8 Å². The number of rotatable bonds is 11. The normalized spacial score (nSPS) is 11.6. The van der Waals surface area contributed by atoms with Gasteiger partial charge in [-0.3, -0.25) is 9.97 Å². The minimum Gasteiger partial charge on any atom is -0.382 e. The third-order valence-corrected chi connectivity index (χ3v) is 8.08. The van der Waals surface area contributed by atoms with E-state index < -0.39 is 0 Å². The van der Waals surface area contributed by atoms with Crippen LogP contribution in [-0.2, 0) is 16.0 Å². The molecular formula is C40H34N4O2. The molecule has 7 rings (SSSR count). The quantitative estimate of drug-likeness (QED) is 0.109. The van der Waals surface area contributed by atoms with Crippen LogP contribution < -0.4 is 0 Å². The first-order chi connectivity index (χ1) is 22.8. The second-order valence-electron chi connectivity index (χ2n) is 11.1. The molecule has 4 heterocycles. The fourth-order valence-electron chi connectivity index (χ4n) is 5.78. The van der Waals surface area contributed by atoms with Gasteiger partial charge < -0.3 is 14.0 Å². The van der Waals surface area contributed by atoms with Crippen LogP contribution in [0.25, 0.3) is 67.9 Å². The second kappa shape index (κ2) is 13.7. The lowest BCUT2D eigenvalue weighted by Crippen LogP contribution is -2.09. The molecule has 226 valence electrons. The molecule has 46 heavy (non-hydrogen) atoms. The zero-order valence-corrected chi connectivity index (χ0v) is 25.7. The molecule has 6 nitrogen and oxygen atoms in total. The van der Waals surface area contributed by atoms with Crippen molar-refractivity contribution in [3.8, 4) is 33.9 Å². The molecular weight excluding hydrogens is 568 g/mol. The Balaban J connectivity index is 1.15. The summed E-state index contributed by atoms with van der Waals surface area (Å²) >= 11 is 0. The maximum absolute atomic E-state index is 5.78. The SMILES string of the molecule is COCCOCCn1c2ccccc2c2cc(/C=C/c3ccc(-c4cc(-c5ccccn5)nc(-c5ccccn5)c4)cc3)ccc21. The van der Waals surface area contributed by atoms with Crippen LogP contribution in [0.5, 0.6) is 0 Å². The Bertz CT molecular complexity index is 2050. The van der Waals surface area contributed by atoms with E-state index in [1.807, 2.05) is 36.4 Å². The number of hydrogen-bond acceptors (Lipinski definition) is 5. The second-order valence-corrected chi connectivity index (χ2v) is 11.1. The highest BCUT2D eigenvalue weighted by Crippen LogP contribution is 2.31. The zero-order valence-electron chi connectivity index (χ0n) is 25.7. The topological polar surface area (TPSA) is 62.1 Å². The number of fused-ring (bicyclic) bond motifs is 3. The van der Waals surface area contributed by atoms with E-state index >= 15 is 0 Å². The number of methoxy groups -OCH3 is 1. The molecule has 0 radical (unpaired) electrons. The van der Waals surface area contributed by atoms with E-state index in [9.17, 15) is 0 Å². The van der Waals surface area contributed by atoms with Crippen molar-refractivity contribution in [2.75, 3.05) is 26.9 Å². The summed E-state index contributed by atoms with van der Waals surface area (Å²) in [5, 5.41) is 2.50. The van der Waals surface area contributed by atoms with Gasteiger partial charge in [0.25, 0.3) is 0 Å². The van der Waals surface area contributed by atoms with Crippen molar-refractivity contribution < 1.29 is 9.47 Å². The summed E-state index contributed by atoms with van der Waals surface area (Å²) in [6, 6.07) is 39.8. The highest BCUT2D eigenvalue weighted by atomic mass is 16.5. The summed E-state index contributed by atoms with van der Waals surface area (Å²) < 4.78 is 13.2. The fourth-order valence-corrected chi connectivity index (χ4v) is 5.78. The highest BCUT2D eigenvalue weighted by Gasteiger charge is 2.12. The average Bonchev–Trinajstić information content (AvgIpc) is 3.44. The third kappa shape index (κ3) is 6.35. The Morgan fingerprint density at radius 1 is 0.565 bits per heavy atom. The number of nitrogens with zero attached hydrogens (tertiary/aromatic N) is 4. The van der Waals surface area contributed by atoms with Gasteiger partial charge in [0.05, 0.1) is 42.6 Å². The molecule has 0 N–H and O–H groups in total. The van der Waals surface area contributed by atoms with Gasteiger partial charge in [-0.2, -0.15) is 0 Å². The Labute approximate surface area is 268 Å². The largest absolute Gasteiger partial charge is 0.382 e. The van der Waals surface area contributed by atoms with Crippen LogP contribution in [0.4, 0.5) is 0 Å². The first-order valence-corrected chi connectivity index (χ1v) is 15.5. The molecule has 0 aliphatic rings. The summed E-state index contributed by atoms with van der Waals surface area (Å²) in [6.45, 7) is 2.64. The molecule has 6 heteroatoms. The Kier molecular flexibility index (Phi) is 8.72. The van der Waals surface area contributed by atoms with Crippen LogP contribution in [0.3, 0.4) is 0 Å². The number of ether oxygens (including phenoxy) is 2. The Morgan fingerprint density at radius 2 is 1.22 bits per heavy atom. The molecule has 4 aromatic heterocycles. The van der Waals surface area contributed by atoms with E-state index in [-0.39, 0.29) is 0 Å². The molecule has 0 aliphatic carbocycles. The summed E-state index contributed by atoms with van der Waals surface area (Å²) in [5.41, 5.74) is 10.2. The lowest BCUT2D eigenvalue weighted by Gasteiger charge is -2.09. The smallest absolute Gasteiger partial charge is 0.0900 e. The van der Waals surface area contributed by atoms with Gasteiger partial charge in [0.15, 0.2) is 0 Å². The van der Waals surface area contributed by atoms with Gasteiger partial charge in [0, 0.05) is 47.9 Å². The summed E-state index contributed by atoms with van der Waals surface area (Å²) in [6.07, 6.45) is 7.93. The van der Waals surface area contributed by atoms with Gasteiger partial charge >= 0.3 is 0 Å². The molecule has 0 bridgehead atoms. The Hall–Kier alpha value is -5.43. The zero-order chi connectivity index (χ0) is 31.1. The number of aromatic nitrogens is 4. The first kappa shape index (κ1) is 29.3. The van der Waals surface area contributed by atoms with Gasteiger partial charge in [0.2, 0.25) is 0 Å². The summed E-state index contributed by atoms with van der Waals surface area (Å²) in [7, 11) is 1.69.